The Morgan fingerprint density at radius 1 is 1.50 bits per heavy atom. The predicted octanol–water partition coefficient (Wildman–Crippen LogP) is 0.847. The fourth-order valence-corrected chi connectivity index (χ4v) is 1.40. The van der Waals surface area contributed by atoms with Crippen LogP contribution in [0.4, 0.5) is 0 Å². The van der Waals surface area contributed by atoms with E-state index >= 15 is 0 Å². The van der Waals surface area contributed by atoms with Gasteiger partial charge < -0.3 is 4.74 Å². The summed E-state index contributed by atoms with van der Waals surface area (Å²) in [6.45, 7) is 3.62. The molecular weight excluding hydrogens is 208 g/mol. The van der Waals surface area contributed by atoms with E-state index in [-0.39, 0.29) is 18.5 Å². The molecule has 0 unspecified atom stereocenters. The van der Waals surface area contributed by atoms with Crippen molar-refractivity contribution in [3.8, 4) is 0 Å². The molecular formula is C10H12N4O2. The van der Waals surface area contributed by atoms with E-state index in [9.17, 15) is 4.79 Å². The lowest BCUT2D eigenvalue weighted by Gasteiger charge is -2.07. The van der Waals surface area contributed by atoms with Crippen LogP contribution in [0.1, 0.15) is 19.5 Å². The number of ether oxygens (including phenoxy) is 1. The van der Waals surface area contributed by atoms with Gasteiger partial charge in [-0.2, -0.15) is 5.10 Å². The summed E-state index contributed by atoms with van der Waals surface area (Å²) in [6.07, 6.45) is 3.02. The van der Waals surface area contributed by atoms with Crippen LogP contribution in [0.25, 0.3) is 11.0 Å². The highest BCUT2D eigenvalue weighted by molar-refractivity contribution is 5.82. The highest BCUT2D eigenvalue weighted by Gasteiger charge is 2.12. The van der Waals surface area contributed by atoms with E-state index in [2.05, 4.69) is 20.2 Å². The van der Waals surface area contributed by atoms with E-state index in [0.29, 0.717) is 11.3 Å². The van der Waals surface area contributed by atoms with E-state index in [1.54, 1.807) is 6.20 Å². The first kappa shape index (κ1) is 10.5. The lowest BCUT2D eigenvalue weighted by Crippen LogP contribution is -2.14. The number of hydrogen-bond donors (Lipinski definition) is 1. The summed E-state index contributed by atoms with van der Waals surface area (Å²) in [7, 11) is 0. The number of esters is 1. The molecule has 0 aromatic carbocycles. The third-order valence-electron chi connectivity index (χ3n) is 2.01. The zero-order valence-electron chi connectivity index (χ0n) is 9.10. The molecule has 0 saturated heterocycles. The van der Waals surface area contributed by atoms with Crippen LogP contribution in [0.5, 0.6) is 0 Å². The van der Waals surface area contributed by atoms with Crippen molar-refractivity contribution in [2.45, 2.75) is 26.4 Å². The zero-order chi connectivity index (χ0) is 11.5. The van der Waals surface area contributed by atoms with Crippen molar-refractivity contribution in [1.82, 2.24) is 20.2 Å². The number of nitrogens with zero attached hydrogens (tertiary/aromatic N) is 3. The van der Waals surface area contributed by atoms with Crippen molar-refractivity contribution in [2.24, 2.45) is 0 Å². The van der Waals surface area contributed by atoms with E-state index in [1.807, 2.05) is 13.8 Å². The first-order valence-corrected chi connectivity index (χ1v) is 4.99. The quantitative estimate of drug-likeness (QED) is 0.775. The number of H-pyrrole nitrogens is 1. The minimum absolute atomic E-state index is 0.117. The van der Waals surface area contributed by atoms with Crippen molar-refractivity contribution in [1.29, 1.82) is 0 Å². The summed E-state index contributed by atoms with van der Waals surface area (Å²) in [5.74, 6) is -0.295. The van der Waals surface area contributed by atoms with Crippen molar-refractivity contribution >= 4 is 17.0 Å². The van der Waals surface area contributed by atoms with Crippen LogP contribution in [0, 0.1) is 0 Å². The zero-order valence-corrected chi connectivity index (χ0v) is 9.10. The van der Waals surface area contributed by atoms with E-state index in [0.717, 1.165) is 5.39 Å². The maximum absolute atomic E-state index is 11.5. The first-order valence-electron chi connectivity index (χ1n) is 4.99. The number of aromatic nitrogens is 4. The van der Waals surface area contributed by atoms with Crippen molar-refractivity contribution in [2.75, 3.05) is 0 Å². The second kappa shape index (κ2) is 4.26. The van der Waals surface area contributed by atoms with Crippen molar-refractivity contribution < 1.29 is 9.53 Å². The molecule has 0 aliphatic carbocycles. The molecule has 0 aliphatic rings. The number of carbonyl (C=O) groups excluding carboxylic acids is 1. The van der Waals surface area contributed by atoms with Gasteiger partial charge in [-0.3, -0.25) is 9.89 Å². The molecule has 2 aromatic rings. The topological polar surface area (TPSA) is 80.8 Å². The average Bonchev–Trinajstić information content (AvgIpc) is 2.65. The van der Waals surface area contributed by atoms with Gasteiger partial charge in [0.2, 0.25) is 0 Å². The molecule has 2 aromatic heterocycles. The number of rotatable bonds is 3. The molecule has 0 amide bonds. The Hall–Kier alpha value is -1.98. The molecule has 0 fully saturated rings. The Morgan fingerprint density at radius 3 is 3.06 bits per heavy atom. The van der Waals surface area contributed by atoms with E-state index in [1.165, 1.54) is 6.33 Å². The summed E-state index contributed by atoms with van der Waals surface area (Å²) in [4.78, 5) is 19.5. The number of hydrogen-bond acceptors (Lipinski definition) is 5. The van der Waals surface area contributed by atoms with Gasteiger partial charge in [-0.15, -0.1) is 0 Å². The largest absolute Gasteiger partial charge is 0.463 e. The predicted molar refractivity (Wildman–Crippen MR) is 56.6 cm³/mol. The van der Waals surface area contributed by atoms with Gasteiger partial charge in [0.15, 0.2) is 5.65 Å². The van der Waals surface area contributed by atoms with Gasteiger partial charge in [-0.1, -0.05) is 0 Å². The van der Waals surface area contributed by atoms with Gasteiger partial charge in [0.25, 0.3) is 0 Å². The van der Waals surface area contributed by atoms with Gasteiger partial charge in [0.1, 0.15) is 6.33 Å². The molecule has 84 valence electrons. The maximum atomic E-state index is 11.5. The molecule has 0 saturated carbocycles. The van der Waals surface area contributed by atoms with Crippen LogP contribution in [-0.4, -0.2) is 32.2 Å². The molecule has 0 aliphatic heterocycles. The van der Waals surface area contributed by atoms with E-state index in [4.69, 9.17) is 4.74 Å². The first-order chi connectivity index (χ1) is 7.66. The van der Waals surface area contributed by atoms with Gasteiger partial charge in [0.05, 0.1) is 29.8 Å². The molecule has 0 bridgehead atoms. The lowest BCUT2D eigenvalue weighted by molar-refractivity contribution is -0.146. The highest BCUT2D eigenvalue weighted by Crippen LogP contribution is 2.12. The maximum Gasteiger partial charge on any atom is 0.312 e. The summed E-state index contributed by atoms with van der Waals surface area (Å²) in [6, 6.07) is 0. The van der Waals surface area contributed by atoms with Gasteiger partial charge in [0, 0.05) is 0 Å². The van der Waals surface area contributed by atoms with Crippen molar-refractivity contribution in [3.63, 3.8) is 0 Å². The number of aromatic amines is 1. The molecule has 2 rings (SSSR count). The lowest BCUT2D eigenvalue weighted by atomic mass is 10.2. The highest BCUT2D eigenvalue weighted by atomic mass is 16.5. The molecule has 16 heavy (non-hydrogen) atoms. The summed E-state index contributed by atoms with van der Waals surface area (Å²) in [5, 5.41) is 7.32. The SMILES string of the molecule is CC(C)OC(=O)Cc1ncnc2[nH]ncc12. The second-order valence-corrected chi connectivity index (χ2v) is 3.67. The Balaban J connectivity index is 2.20. The molecule has 2 heterocycles. The summed E-state index contributed by atoms with van der Waals surface area (Å²) < 4.78 is 5.05. The molecule has 6 nitrogen and oxygen atoms in total. The normalized spacial score (nSPS) is 10.9. The van der Waals surface area contributed by atoms with Crippen LogP contribution >= 0.6 is 0 Å². The number of carbonyl (C=O) groups is 1. The minimum Gasteiger partial charge on any atom is -0.463 e. The second-order valence-electron chi connectivity index (χ2n) is 3.67. The average molecular weight is 220 g/mol. The fourth-order valence-electron chi connectivity index (χ4n) is 1.40. The number of nitrogens with one attached hydrogen (secondary N) is 1. The number of fused-ring (bicyclic) bond motifs is 1. The summed E-state index contributed by atoms with van der Waals surface area (Å²) in [5.41, 5.74) is 1.26. The van der Waals surface area contributed by atoms with Crippen LogP contribution < -0.4 is 0 Å². The molecule has 0 atom stereocenters. The Kier molecular flexibility index (Phi) is 2.80. The monoisotopic (exact) mass is 220 g/mol. The van der Waals surface area contributed by atoms with Gasteiger partial charge in [-0.05, 0) is 13.8 Å². The smallest absolute Gasteiger partial charge is 0.312 e. The van der Waals surface area contributed by atoms with Crippen LogP contribution in [-0.2, 0) is 16.0 Å². The van der Waals surface area contributed by atoms with Crippen LogP contribution in [0.15, 0.2) is 12.5 Å². The molecule has 0 spiro atoms. The fraction of sp³-hybridized carbons (Fsp3) is 0.400. The Labute approximate surface area is 92.0 Å². The molecule has 0 radical (unpaired) electrons. The van der Waals surface area contributed by atoms with Gasteiger partial charge in [-0.25, -0.2) is 9.97 Å². The van der Waals surface area contributed by atoms with Crippen LogP contribution in [0.3, 0.4) is 0 Å². The third kappa shape index (κ3) is 2.16. The summed E-state index contributed by atoms with van der Waals surface area (Å²) >= 11 is 0. The Morgan fingerprint density at radius 2 is 2.31 bits per heavy atom. The van der Waals surface area contributed by atoms with E-state index < -0.39 is 0 Å². The van der Waals surface area contributed by atoms with Gasteiger partial charge >= 0.3 is 5.97 Å². The third-order valence-corrected chi connectivity index (χ3v) is 2.01. The van der Waals surface area contributed by atoms with Crippen molar-refractivity contribution in [3.05, 3.63) is 18.2 Å². The standard InChI is InChI=1S/C10H12N4O2/c1-6(2)16-9(15)3-8-7-4-13-14-10(7)12-5-11-8/h4-6H,3H2,1-2H3,(H,11,12,13,14). The minimum atomic E-state index is -0.295. The Bertz CT molecular complexity index is 506. The van der Waals surface area contributed by atoms with Crippen LogP contribution in [0.2, 0.25) is 0 Å². The molecule has 1 N–H and O–H groups in total. The molecule has 6 heteroatoms.